The number of benzene rings is 5. The lowest BCUT2D eigenvalue weighted by Gasteiger charge is -2.28. The van der Waals surface area contributed by atoms with Crippen molar-refractivity contribution in [2.45, 2.75) is 33.1 Å². The molecule has 0 fully saturated rings. The molecule has 5 aromatic carbocycles. The highest BCUT2D eigenvalue weighted by molar-refractivity contribution is 6.20. The van der Waals surface area contributed by atoms with Crippen LogP contribution in [0.25, 0.3) is 27.5 Å². The fourth-order valence-corrected chi connectivity index (χ4v) is 6.14. The van der Waals surface area contributed by atoms with Crippen LogP contribution < -0.4 is 4.90 Å². The van der Waals surface area contributed by atoms with Crippen molar-refractivity contribution in [1.29, 1.82) is 0 Å². The number of para-hydroxylation sites is 1. The Morgan fingerprint density at radius 2 is 1.30 bits per heavy atom. The zero-order valence-electron chi connectivity index (χ0n) is 23.7. The number of nitrogens with zero attached hydrogens (tertiary/aromatic N) is 1. The number of hydrogen-bond donors (Lipinski definition) is 0. The summed E-state index contributed by atoms with van der Waals surface area (Å²) >= 11 is 0. The molecular weight excluding hydrogens is 490 g/mol. The average Bonchev–Trinajstić information content (AvgIpc) is 3.19. The maximum atomic E-state index is 12.5. The first-order chi connectivity index (χ1) is 19.3. The van der Waals surface area contributed by atoms with Crippen LogP contribution in [0.1, 0.15) is 44.4 Å². The minimum atomic E-state index is -0.0861. The Hall–Kier alpha value is -4.63. The third-order valence-corrected chi connectivity index (χ3v) is 8.22. The summed E-state index contributed by atoms with van der Waals surface area (Å²) in [6.45, 7) is 8.05. The molecule has 0 aliphatic heterocycles. The van der Waals surface area contributed by atoms with Crippen molar-refractivity contribution >= 4 is 39.2 Å². The normalized spacial score (nSPS) is 13.8. The number of carbonyl (C=O) groups is 1. The van der Waals surface area contributed by atoms with Crippen LogP contribution >= 0.6 is 0 Å². The molecule has 0 bridgehead atoms. The number of allylic oxidation sites excluding steroid dienone is 2. The van der Waals surface area contributed by atoms with E-state index in [1.807, 2.05) is 19.1 Å². The van der Waals surface area contributed by atoms with Gasteiger partial charge >= 0.3 is 0 Å². The van der Waals surface area contributed by atoms with Crippen LogP contribution in [0.5, 0.6) is 0 Å². The van der Waals surface area contributed by atoms with Gasteiger partial charge in [-0.05, 0) is 94.9 Å². The summed E-state index contributed by atoms with van der Waals surface area (Å²) in [7, 11) is 1.60. The van der Waals surface area contributed by atoms with Crippen LogP contribution in [-0.4, -0.2) is 12.9 Å². The zero-order valence-corrected chi connectivity index (χ0v) is 23.7. The first-order valence-corrected chi connectivity index (χ1v) is 13.7. The number of carbonyl (C=O) groups excluding carboxylic acids is 1. The van der Waals surface area contributed by atoms with Crippen molar-refractivity contribution in [3.63, 3.8) is 0 Å². The summed E-state index contributed by atoms with van der Waals surface area (Å²) in [5, 5.41) is 2.18. The monoisotopic (exact) mass is 523 g/mol. The predicted molar refractivity (Wildman–Crippen MR) is 166 cm³/mol. The van der Waals surface area contributed by atoms with Gasteiger partial charge in [-0.1, -0.05) is 80.6 Å². The standard InChI is InChI=1S/C37H33NO2/c1-24(39)36(25(2)40-5)27-16-15-26-17-18-30(22-28(26)21-27)38(29-11-7-6-8-12-29)31-19-20-33-32-13-9-10-14-34(32)37(3,4)35(33)23-31/h6-23H,1-5H3/b36-25+. The fourth-order valence-electron chi connectivity index (χ4n) is 6.14. The van der Waals surface area contributed by atoms with Gasteiger partial charge in [0.2, 0.25) is 0 Å². The van der Waals surface area contributed by atoms with Crippen molar-refractivity contribution in [3.05, 3.63) is 132 Å². The van der Waals surface area contributed by atoms with Crippen molar-refractivity contribution in [2.75, 3.05) is 12.0 Å². The van der Waals surface area contributed by atoms with Crippen LogP contribution in [0, 0.1) is 0 Å². The third-order valence-electron chi connectivity index (χ3n) is 8.22. The lowest BCUT2D eigenvalue weighted by Crippen LogP contribution is -2.16. The van der Waals surface area contributed by atoms with E-state index in [-0.39, 0.29) is 11.2 Å². The Kier molecular flexibility index (Phi) is 6.31. The lowest BCUT2D eigenvalue weighted by molar-refractivity contribution is -0.111. The summed E-state index contributed by atoms with van der Waals surface area (Å²) in [6, 6.07) is 38.7. The number of methoxy groups -OCH3 is 1. The molecule has 1 aliphatic carbocycles. The summed E-state index contributed by atoms with van der Waals surface area (Å²) in [5.41, 5.74) is 9.96. The largest absolute Gasteiger partial charge is 0.501 e. The molecule has 0 atom stereocenters. The topological polar surface area (TPSA) is 29.5 Å². The molecule has 3 nitrogen and oxygen atoms in total. The molecule has 0 N–H and O–H groups in total. The van der Waals surface area contributed by atoms with Gasteiger partial charge in [0.1, 0.15) is 5.76 Å². The molecule has 1 aliphatic rings. The zero-order chi connectivity index (χ0) is 28.0. The molecule has 198 valence electrons. The van der Waals surface area contributed by atoms with E-state index in [1.165, 1.54) is 22.3 Å². The van der Waals surface area contributed by atoms with Gasteiger partial charge < -0.3 is 9.64 Å². The van der Waals surface area contributed by atoms with Gasteiger partial charge in [0.15, 0.2) is 5.78 Å². The molecule has 0 aromatic heterocycles. The van der Waals surface area contributed by atoms with Crippen molar-refractivity contribution in [3.8, 4) is 11.1 Å². The molecule has 0 saturated carbocycles. The molecule has 0 saturated heterocycles. The first-order valence-electron chi connectivity index (χ1n) is 13.7. The van der Waals surface area contributed by atoms with E-state index in [9.17, 15) is 4.79 Å². The molecule has 0 radical (unpaired) electrons. The van der Waals surface area contributed by atoms with Gasteiger partial charge in [-0.2, -0.15) is 0 Å². The third kappa shape index (κ3) is 4.19. The van der Waals surface area contributed by atoms with E-state index in [2.05, 4.69) is 116 Å². The molecule has 6 rings (SSSR count). The Morgan fingerprint density at radius 1 is 0.650 bits per heavy atom. The summed E-state index contributed by atoms with van der Waals surface area (Å²) in [5.74, 6) is 0.609. The molecular formula is C37H33NO2. The SMILES string of the molecule is CO/C(C)=C(\C(C)=O)c1ccc2ccc(N(c3ccccc3)c3ccc4c(c3)C(C)(C)c3ccccc3-4)cc2c1. The van der Waals surface area contributed by atoms with Crippen LogP contribution in [0.4, 0.5) is 17.1 Å². The average molecular weight is 524 g/mol. The molecule has 0 heterocycles. The number of hydrogen-bond acceptors (Lipinski definition) is 3. The number of ketones is 1. The molecule has 5 aromatic rings. The van der Waals surface area contributed by atoms with Gasteiger partial charge in [0.05, 0.1) is 12.7 Å². The lowest BCUT2D eigenvalue weighted by atomic mass is 9.82. The second-order valence-electron chi connectivity index (χ2n) is 11.0. The summed E-state index contributed by atoms with van der Waals surface area (Å²) in [4.78, 5) is 14.8. The minimum absolute atomic E-state index is 0.0116. The Bertz CT molecular complexity index is 1800. The van der Waals surface area contributed by atoms with Crippen LogP contribution in [0.3, 0.4) is 0 Å². The number of anilines is 3. The Morgan fingerprint density at radius 3 is 2.05 bits per heavy atom. The Labute approximate surface area is 236 Å². The second kappa shape index (κ2) is 9.84. The van der Waals surface area contributed by atoms with Gasteiger partial charge in [-0.15, -0.1) is 0 Å². The first kappa shape index (κ1) is 25.6. The van der Waals surface area contributed by atoms with Crippen LogP contribution in [-0.2, 0) is 14.9 Å². The van der Waals surface area contributed by atoms with Crippen LogP contribution in [0.15, 0.2) is 115 Å². The number of rotatable bonds is 6. The summed E-state index contributed by atoms with van der Waals surface area (Å²) in [6.07, 6.45) is 0. The van der Waals surface area contributed by atoms with E-state index >= 15 is 0 Å². The molecule has 40 heavy (non-hydrogen) atoms. The second-order valence-corrected chi connectivity index (χ2v) is 11.0. The predicted octanol–water partition coefficient (Wildman–Crippen LogP) is 9.58. The van der Waals surface area contributed by atoms with E-state index in [0.717, 1.165) is 33.4 Å². The molecule has 0 amide bonds. The van der Waals surface area contributed by atoms with E-state index < -0.39 is 0 Å². The molecule has 3 heteroatoms. The van der Waals surface area contributed by atoms with Crippen molar-refractivity contribution < 1.29 is 9.53 Å². The minimum Gasteiger partial charge on any atom is -0.501 e. The number of Topliss-reactive ketones (excluding diaryl/α,β-unsaturated/α-hetero) is 1. The van der Waals surface area contributed by atoms with E-state index in [4.69, 9.17) is 4.74 Å². The van der Waals surface area contributed by atoms with Gasteiger partial charge in [-0.3, -0.25) is 4.79 Å². The maximum Gasteiger partial charge on any atom is 0.163 e. The van der Waals surface area contributed by atoms with E-state index in [1.54, 1.807) is 14.0 Å². The van der Waals surface area contributed by atoms with Crippen molar-refractivity contribution in [2.24, 2.45) is 0 Å². The highest BCUT2D eigenvalue weighted by Gasteiger charge is 2.35. The van der Waals surface area contributed by atoms with Gasteiger partial charge in [0, 0.05) is 22.5 Å². The Balaban J connectivity index is 1.52. The highest BCUT2D eigenvalue weighted by atomic mass is 16.5. The van der Waals surface area contributed by atoms with Crippen LogP contribution in [0.2, 0.25) is 0 Å². The number of fused-ring (bicyclic) bond motifs is 4. The quantitative estimate of drug-likeness (QED) is 0.164. The smallest absolute Gasteiger partial charge is 0.163 e. The highest BCUT2D eigenvalue weighted by Crippen LogP contribution is 2.50. The maximum absolute atomic E-state index is 12.5. The fraction of sp³-hybridized carbons (Fsp3) is 0.162. The van der Waals surface area contributed by atoms with E-state index in [0.29, 0.717) is 11.3 Å². The van der Waals surface area contributed by atoms with Gasteiger partial charge in [-0.25, -0.2) is 0 Å². The van der Waals surface area contributed by atoms with Crippen molar-refractivity contribution in [1.82, 2.24) is 0 Å². The number of ether oxygens (including phenoxy) is 1. The summed E-state index contributed by atoms with van der Waals surface area (Å²) < 4.78 is 5.44. The van der Waals surface area contributed by atoms with Gasteiger partial charge in [0.25, 0.3) is 0 Å². The molecule has 0 spiro atoms. The molecule has 0 unspecified atom stereocenters.